The Morgan fingerprint density at radius 2 is 1.83 bits per heavy atom. The zero-order valence-electron chi connectivity index (χ0n) is 16.0. The molecule has 5 rings (SSSR count). The smallest absolute Gasteiger partial charge is 0.309 e. The van der Waals surface area contributed by atoms with Gasteiger partial charge in [0, 0.05) is 33.4 Å². The van der Waals surface area contributed by atoms with E-state index in [-0.39, 0.29) is 50.7 Å². The summed E-state index contributed by atoms with van der Waals surface area (Å²) in [4.78, 5) is 38.6. The van der Waals surface area contributed by atoms with E-state index in [1.54, 1.807) is 26.8 Å². The number of phenols is 2. The van der Waals surface area contributed by atoms with Crippen LogP contribution in [-0.4, -0.2) is 39.5 Å². The molecule has 0 amide bonds. The standard InChI is InChI=1S/C22H18O7/c1-8(2)21(27)28-18-14-10(19(26)22(3)20(18)29-22)7-12(24)15-13-9(17(25)16(14)15)5-4-6-11(13)23/h4-8,18,20,23-24H,1-3H3/t18-,20+,22-/m1/s1. The average Bonchev–Trinajstić information content (AvgIpc) is 3.28. The fraction of sp³-hybridized carbons (Fsp3) is 0.318. The molecular weight excluding hydrogens is 376 g/mol. The molecule has 1 saturated heterocycles. The first-order valence-electron chi connectivity index (χ1n) is 9.36. The zero-order chi connectivity index (χ0) is 20.8. The van der Waals surface area contributed by atoms with Crippen molar-refractivity contribution in [3.05, 3.63) is 46.5 Å². The van der Waals surface area contributed by atoms with Crippen LogP contribution in [0.3, 0.4) is 0 Å². The lowest BCUT2D eigenvalue weighted by Gasteiger charge is -2.27. The van der Waals surface area contributed by atoms with Crippen LogP contribution in [0.2, 0.25) is 0 Å². The normalized spacial score (nSPS) is 25.9. The first-order chi connectivity index (χ1) is 13.7. The van der Waals surface area contributed by atoms with Gasteiger partial charge in [0.05, 0.1) is 5.92 Å². The molecule has 1 heterocycles. The Kier molecular flexibility index (Phi) is 3.36. The maximum Gasteiger partial charge on any atom is 0.309 e. The third-order valence-electron chi connectivity index (χ3n) is 5.94. The first kappa shape index (κ1) is 17.9. The Morgan fingerprint density at radius 1 is 1.10 bits per heavy atom. The fourth-order valence-electron chi connectivity index (χ4n) is 4.35. The summed E-state index contributed by atoms with van der Waals surface area (Å²) in [5, 5.41) is 21.0. The predicted molar refractivity (Wildman–Crippen MR) is 99.9 cm³/mol. The number of benzene rings is 2. The van der Waals surface area contributed by atoms with E-state index in [1.165, 1.54) is 18.2 Å². The highest BCUT2D eigenvalue weighted by atomic mass is 16.6. The van der Waals surface area contributed by atoms with Crippen molar-refractivity contribution in [2.75, 3.05) is 0 Å². The molecule has 2 aromatic carbocycles. The molecule has 3 aliphatic rings. The molecule has 1 aliphatic heterocycles. The van der Waals surface area contributed by atoms with Gasteiger partial charge in [-0.2, -0.15) is 0 Å². The van der Waals surface area contributed by atoms with Gasteiger partial charge in [0.15, 0.2) is 23.3 Å². The van der Waals surface area contributed by atoms with Gasteiger partial charge in [-0.15, -0.1) is 0 Å². The van der Waals surface area contributed by atoms with Gasteiger partial charge in [-0.25, -0.2) is 0 Å². The van der Waals surface area contributed by atoms with E-state index in [0.29, 0.717) is 0 Å². The number of hydrogen-bond donors (Lipinski definition) is 2. The van der Waals surface area contributed by atoms with Gasteiger partial charge in [0.1, 0.15) is 17.6 Å². The number of fused-ring (bicyclic) bond motifs is 6. The fourth-order valence-corrected chi connectivity index (χ4v) is 4.35. The predicted octanol–water partition coefficient (Wildman–Crippen LogP) is 2.90. The number of aromatic hydroxyl groups is 2. The molecule has 0 spiro atoms. The van der Waals surface area contributed by atoms with Crippen molar-refractivity contribution in [2.24, 2.45) is 5.92 Å². The Hall–Kier alpha value is -3.19. The minimum Gasteiger partial charge on any atom is -0.507 e. The Morgan fingerprint density at radius 3 is 2.52 bits per heavy atom. The van der Waals surface area contributed by atoms with Crippen LogP contribution < -0.4 is 0 Å². The van der Waals surface area contributed by atoms with E-state index < -0.39 is 35.5 Å². The largest absolute Gasteiger partial charge is 0.507 e. The summed E-state index contributed by atoms with van der Waals surface area (Å²) in [7, 11) is 0. The lowest BCUT2D eigenvalue weighted by Crippen LogP contribution is -2.36. The Balaban J connectivity index is 1.80. The summed E-state index contributed by atoms with van der Waals surface area (Å²) in [6.45, 7) is 4.97. The summed E-state index contributed by atoms with van der Waals surface area (Å²) < 4.78 is 11.3. The maximum absolute atomic E-state index is 13.2. The SMILES string of the molecule is CC(C)C(=O)O[C@@H]1c2c(cc(O)c3c2C(=O)c2cccc(O)c2-3)C(=O)[C@@]2(C)O[C@@H]12. The van der Waals surface area contributed by atoms with Crippen LogP contribution in [0.15, 0.2) is 24.3 Å². The van der Waals surface area contributed by atoms with E-state index in [2.05, 4.69) is 0 Å². The number of rotatable bonds is 2. The van der Waals surface area contributed by atoms with Crippen molar-refractivity contribution in [2.45, 2.75) is 38.6 Å². The van der Waals surface area contributed by atoms with Crippen molar-refractivity contribution in [1.82, 2.24) is 0 Å². The summed E-state index contributed by atoms with van der Waals surface area (Å²) in [5.41, 5.74) is -0.188. The molecule has 1 fully saturated rings. The van der Waals surface area contributed by atoms with E-state index in [4.69, 9.17) is 9.47 Å². The number of ether oxygens (including phenoxy) is 2. The van der Waals surface area contributed by atoms with Crippen molar-refractivity contribution in [1.29, 1.82) is 0 Å². The van der Waals surface area contributed by atoms with Gasteiger partial charge in [-0.1, -0.05) is 26.0 Å². The van der Waals surface area contributed by atoms with Crippen LogP contribution in [-0.2, 0) is 14.3 Å². The molecular formula is C22H18O7. The van der Waals surface area contributed by atoms with Crippen LogP contribution in [0.1, 0.15) is 58.7 Å². The molecule has 2 N–H and O–H groups in total. The summed E-state index contributed by atoms with van der Waals surface area (Å²) in [5.74, 6) is -2.17. The van der Waals surface area contributed by atoms with Crippen LogP contribution in [0.5, 0.6) is 11.5 Å². The monoisotopic (exact) mass is 394 g/mol. The number of phenolic OH excluding ortho intramolecular Hbond substituents is 2. The van der Waals surface area contributed by atoms with E-state index in [9.17, 15) is 24.6 Å². The molecule has 2 aromatic rings. The second-order valence-corrected chi connectivity index (χ2v) is 8.12. The molecule has 7 nitrogen and oxygen atoms in total. The quantitative estimate of drug-likeness (QED) is 0.507. The van der Waals surface area contributed by atoms with Crippen molar-refractivity contribution in [3.63, 3.8) is 0 Å². The number of hydrogen-bond acceptors (Lipinski definition) is 7. The lowest BCUT2D eigenvalue weighted by atomic mass is 9.78. The molecule has 7 heteroatoms. The Bertz CT molecular complexity index is 1150. The number of Topliss-reactive ketones (excluding diaryl/α,β-unsaturated/α-hetero) is 1. The first-order valence-corrected chi connectivity index (χ1v) is 9.36. The van der Waals surface area contributed by atoms with Crippen molar-refractivity contribution < 1.29 is 34.1 Å². The summed E-state index contributed by atoms with van der Waals surface area (Å²) >= 11 is 0. The van der Waals surface area contributed by atoms with Crippen LogP contribution >= 0.6 is 0 Å². The summed E-state index contributed by atoms with van der Waals surface area (Å²) in [6.07, 6.45) is -1.67. The molecule has 0 bridgehead atoms. The molecule has 0 radical (unpaired) electrons. The minimum atomic E-state index is -1.16. The van der Waals surface area contributed by atoms with Gasteiger partial charge in [0.25, 0.3) is 0 Å². The van der Waals surface area contributed by atoms with Gasteiger partial charge < -0.3 is 19.7 Å². The van der Waals surface area contributed by atoms with Gasteiger partial charge in [-0.05, 0) is 19.1 Å². The second kappa shape index (κ2) is 5.45. The molecule has 29 heavy (non-hydrogen) atoms. The van der Waals surface area contributed by atoms with Crippen molar-refractivity contribution >= 4 is 17.5 Å². The van der Waals surface area contributed by atoms with Gasteiger partial charge >= 0.3 is 5.97 Å². The molecule has 2 aliphatic carbocycles. The molecule has 0 aromatic heterocycles. The van der Waals surface area contributed by atoms with E-state index in [1.807, 2.05) is 0 Å². The molecule has 148 valence electrons. The van der Waals surface area contributed by atoms with Gasteiger partial charge in [-0.3, -0.25) is 14.4 Å². The highest BCUT2D eigenvalue weighted by Gasteiger charge is 2.68. The summed E-state index contributed by atoms with van der Waals surface area (Å²) in [6, 6.07) is 5.76. The number of esters is 1. The van der Waals surface area contributed by atoms with E-state index >= 15 is 0 Å². The highest BCUT2D eigenvalue weighted by molar-refractivity contribution is 6.26. The number of epoxide rings is 1. The molecule has 0 saturated carbocycles. The number of carbonyl (C=O) groups is 3. The minimum absolute atomic E-state index is 0.0731. The molecule has 3 atom stereocenters. The molecule has 0 unspecified atom stereocenters. The van der Waals surface area contributed by atoms with Gasteiger partial charge in [0.2, 0.25) is 0 Å². The number of ketones is 2. The van der Waals surface area contributed by atoms with Crippen LogP contribution in [0.4, 0.5) is 0 Å². The lowest BCUT2D eigenvalue weighted by molar-refractivity contribution is -0.154. The van der Waals surface area contributed by atoms with E-state index in [0.717, 1.165) is 0 Å². The topological polar surface area (TPSA) is 113 Å². The zero-order valence-corrected chi connectivity index (χ0v) is 16.0. The average molecular weight is 394 g/mol. The third kappa shape index (κ3) is 2.13. The highest BCUT2D eigenvalue weighted by Crippen LogP contribution is 2.58. The van der Waals surface area contributed by atoms with Crippen LogP contribution in [0, 0.1) is 5.92 Å². The maximum atomic E-state index is 13.2. The Labute approximate surface area is 165 Å². The third-order valence-corrected chi connectivity index (χ3v) is 5.94. The number of carbonyl (C=O) groups excluding carboxylic acids is 3. The van der Waals surface area contributed by atoms with Crippen molar-refractivity contribution in [3.8, 4) is 22.6 Å². The second-order valence-electron chi connectivity index (χ2n) is 8.12. The van der Waals surface area contributed by atoms with Crippen LogP contribution in [0.25, 0.3) is 11.1 Å².